The Morgan fingerprint density at radius 1 is 1.14 bits per heavy atom. The fourth-order valence-electron chi connectivity index (χ4n) is 5.90. The first kappa shape index (κ1) is 27.7. The lowest BCUT2D eigenvalue weighted by Crippen LogP contribution is -2.37. The third-order valence-corrected chi connectivity index (χ3v) is 8.97. The summed E-state index contributed by atoms with van der Waals surface area (Å²) in [6, 6.07) is 9.27. The van der Waals surface area contributed by atoms with Gasteiger partial charge in [0, 0.05) is 42.5 Å². The number of piperidine rings is 1. The maximum Gasteiger partial charge on any atom is 0.410 e. The van der Waals surface area contributed by atoms with Gasteiger partial charge in [0.15, 0.2) is 0 Å². The topological polar surface area (TPSA) is 98.6 Å². The molecule has 1 unspecified atom stereocenters. The number of nitrogens with one attached hydrogen (secondary N) is 1. The molecule has 1 aliphatic heterocycles. The van der Waals surface area contributed by atoms with Crippen LogP contribution in [-0.2, 0) is 16.5 Å². The van der Waals surface area contributed by atoms with Crippen molar-refractivity contribution in [2.45, 2.75) is 63.2 Å². The molecule has 3 fully saturated rings. The van der Waals surface area contributed by atoms with Crippen molar-refractivity contribution in [2.24, 2.45) is 7.05 Å². The molecule has 3 heterocycles. The number of benzene rings is 1. The van der Waals surface area contributed by atoms with Crippen LogP contribution in [0.5, 0.6) is 0 Å². The Kier molecular flexibility index (Phi) is 7.00. The number of rotatable bonds is 5. The molecule has 1 aromatic carbocycles. The number of halogens is 1. The predicted molar refractivity (Wildman–Crippen MR) is 163 cm³/mol. The number of fused-ring (bicyclic) bond motifs is 2. The zero-order valence-corrected chi connectivity index (χ0v) is 25.1. The number of aromatic nitrogens is 3. The molecule has 0 bridgehead atoms. The highest BCUT2D eigenvalue weighted by atomic mass is 35.5. The van der Waals surface area contributed by atoms with Crippen LogP contribution in [0.4, 0.5) is 9.59 Å². The van der Waals surface area contributed by atoms with Crippen LogP contribution >= 0.6 is 11.6 Å². The Morgan fingerprint density at radius 3 is 2.63 bits per heavy atom. The van der Waals surface area contributed by atoms with Crippen molar-refractivity contribution in [3.05, 3.63) is 87.7 Å². The molecule has 2 saturated carbocycles. The van der Waals surface area contributed by atoms with Crippen LogP contribution in [0.2, 0.25) is 5.02 Å². The number of imidazole rings is 1. The standard InChI is InChI=1S/C33H34ClN5O4/c1-33(11-12-33)43-31(40)37-30(27-18-35-19-38(27)2)26-16-21-4-3-13-36-29(21)28(24-8-5-22(34)17-25(24)26)20-9-14-39(15-10-20)32(41)42-23-6-7-23/h3-5,8,13,16-19,23,30H,6-7,9-12,14-15H2,1-2H3,(H,37,40). The molecule has 1 saturated heterocycles. The molecule has 2 amide bonds. The summed E-state index contributed by atoms with van der Waals surface area (Å²) in [6.07, 6.45) is 11.8. The third kappa shape index (κ3) is 5.66. The molecule has 1 N–H and O–H groups in total. The first-order chi connectivity index (χ1) is 20.8. The van der Waals surface area contributed by atoms with E-state index in [0.717, 1.165) is 64.9 Å². The van der Waals surface area contributed by atoms with Crippen LogP contribution < -0.4 is 5.32 Å². The molecule has 7 rings (SSSR count). The highest BCUT2D eigenvalue weighted by Gasteiger charge is 2.42. The van der Waals surface area contributed by atoms with Crippen LogP contribution in [0.3, 0.4) is 0 Å². The van der Waals surface area contributed by atoms with Crippen LogP contribution in [0.25, 0.3) is 17.2 Å². The van der Waals surface area contributed by atoms with Gasteiger partial charge in [0.1, 0.15) is 17.7 Å². The van der Waals surface area contributed by atoms with Crippen molar-refractivity contribution in [3.8, 4) is 0 Å². The van der Waals surface area contributed by atoms with E-state index in [2.05, 4.69) is 16.4 Å². The largest absolute Gasteiger partial charge is 0.446 e. The van der Waals surface area contributed by atoms with Crippen molar-refractivity contribution in [2.75, 3.05) is 13.1 Å². The second-order valence-corrected chi connectivity index (χ2v) is 12.6. The lowest BCUT2D eigenvalue weighted by Gasteiger charge is -2.30. The first-order valence-electron chi connectivity index (χ1n) is 14.9. The Morgan fingerprint density at radius 2 is 1.93 bits per heavy atom. The fourth-order valence-corrected chi connectivity index (χ4v) is 6.08. The number of pyridine rings is 1. The second-order valence-electron chi connectivity index (χ2n) is 12.1. The van der Waals surface area contributed by atoms with E-state index in [0.29, 0.717) is 31.0 Å². The number of aryl methyl sites for hydroxylation is 1. The van der Waals surface area contributed by atoms with Crippen molar-refractivity contribution < 1.29 is 19.1 Å². The second kappa shape index (κ2) is 10.9. The molecule has 10 heteroatoms. The molecule has 0 spiro atoms. The van der Waals surface area contributed by atoms with Gasteiger partial charge in [-0.3, -0.25) is 4.98 Å². The van der Waals surface area contributed by atoms with Crippen LogP contribution in [-0.4, -0.2) is 56.4 Å². The number of hydrogen-bond acceptors (Lipinski definition) is 6. The summed E-state index contributed by atoms with van der Waals surface area (Å²) in [5.41, 5.74) is 7.17. The van der Waals surface area contributed by atoms with Gasteiger partial charge in [0.2, 0.25) is 0 Å². The summed E-state index contributed by atoms with van der Waals surface area (Å²) < 4.78 is 13.3. The molecule has 222 valence electrons. The quantitative estimate of drug-likeness (QED) is 0.358. The lowest BCUT2D eigenvalue weighted by molar-refractivity contribution is 0.0913. The average molecular weight is 600 g/mol. The summed E-state index contributed by atoms with van der Waals surface area (Å²) >= 11 is 6.66. The van der Waals surface area contributed by atoms with Crippen molar-refractivity contribution in [3.63, 3.8) is 0 Å². The Hall–Kier alpha value is -4.11. The van der Waals surface area contributed by atoms with E-state index in [9.17, 15) is 9.59 Å². The van der Waals surface area contributed by atoms with E-state index in [1.807, 2.05) is 48.9 Å². The van der Waals surface area contributed by atoms with Gasteiger partial charge in [-0.05, 0) is 86.4 Å². The summed E-state index contributed by atoms with van der Waals surface area (Å²) in [7, 11) is 1.91. The van der Waals surface area contributed by atoms with Gasteiger partial charge in [-0.25, -0.2) is 14.6 Å². The Balaban J connectivity index is 1.32. The zero-order chi connectivity index (χ0) is 29.7. The molecule has 1 atom stereocenters. The molecule has 43 heavy (non-hydrogen) atoms. The van der Waals surface area contributed by atoms with Gasteiger partial charge < -0.3 is 24.3 Å². The highest BCUT2D eigenvalue weighted by Crippen LogP contribution is 2.45. The molecule has 0 radical (unpaired) electrons. The molecular formula is C33H34ClN5O4. The van der Waals surface area contributed by atoms with Gasteiger partial charge in [0.05, 0.1) is 23.9 Å². The minimum absolute atomic E-state index is 0.0803. The van der Waals surface area contributed by atoms with Gasteiger partial charge in [0.25, 0.3) is 0 Å². The van der Waals surface area contributed by atoms with Gasteiger partial charge in [-0.1, -0.05) is 29.3 Å². The summed E-state index contributed by atoms with van der Waals surface area (Å²) in [5, 5.41) is 3.74. The summed E-state index contributed by atoms with van der Waals surface area (Å²) in [5.74, 6) is 0. The van der Waals surface area contributed by atoms with Crippen molar-refractivity contribution in [1.29, 1.82) is 0 Å². The highest BCUT2D eigenvalue weighted by molar-refractivity contribution is 6.31. The number of carbonyl (C=O) groups is 2. The number of hydrogen-bond donors (Lipinski definition) is 1. The Bertz CT molecular complexity index is 1660. The first-order valence-corrected chi connectivity index (χ1v) is 15.3. The summed E-state index contributed by atoms with van der Waals surface area (Å²) in [6.45, 7) is 3.11. The summed E-state index contributed by atoms with van der Waals surface area (Å²) in [4.78, 5) is 37.0. The van der Waals surface area contributed by atoms with E-state index >= 15 is 0 Å². The van der Waals surface area contributed by atoms with E-state index < -0.39 is 17.7 Å². The fraction of sp³-hybridized carbons (Fsp3) is 0.394. The van der Waals surface area contributed by atoms with Gasteiger partial charge in [-0.15, -0.1) is 0 Å². The third-order valence-electron chi connectivity index (χ3n) is 8.74. The smallest absolute Gasteiger partial charge is 0.410 e. The minimum atomic E-state index is -0.573. The number of likely N-dealkylation sites (tertiary alicyclic amines) is 1. The maximum absolute atomic E-state index is 13.3. The zero-order valence-electron chi connectivity index (χ0n) is 24.3. The van der Waals surface area contributed by atoms with Crippen LogP contribution in [0.15, 0.2) is 54.6 Å². The number of carbonyl (C=O) groups excluding carboxylic acids is 2. The SMILES string of the molecule is Cn1cncc1C(NC(=O)OC1(C)CC1)C1=Cc2cccnc2C(=C2CCN(C(=O)OC3CC3)CC2)c2ccc(Cl)cc21. The van der Waals surface area contributed by atoms with Crippen LogP contribution in [0.1, 0.15) is 79.6 Å². The van der Waals surface area contributed by atoms with Crippen molar-refractivity contribution >= 4 is 41.0 Å². The van der Waals surface area contributed by atoms with Gasteiger partial charge >= 0.3 is 12.2 Å². The maximum atomic E-state index is 13.3. The minimum Gasteiger partial charge on any atom is -0.446 e. The predicted octanol–water partition coefficient (Wildman–Crippen LogP) is 6.54. The molecular weight excluding hydrogens is 566 g/mol. The van der Waals surface area contributed by atoms with Crippen molar-refractivity contribution in [1.82, 2.24) is 24.8 Å². The normalized spacial score (nSPS) is 19.4. The molecule has 4 aliphatic rings. The van der Waals surface area contributed by atoms with E-state index in [-0.39, 0.29) is 12.2 Å². The monoisotopic (exact) mass is 599 g/mol. The number of nitrogens with zero attached hydrogens (tertiary/aromatic N) is 4. The Labute approximate surface area is 255 Å². The van der Waals surface area contributed by atoms with Gasteiger partial charge in [-0.2, -0.15) is 0 Å². The molecule has 9 nitrogen and oxygen atoms in total. The number of ether oxygens (including phenoxy) is 2. The molecule has 3 aliphatic carbocycles. The van der Waals surface area contributed by atoms with E-state index in [1.54, 1.807) is 23.6 Å². The number of alkyl carbamates (subject to hydrolysis) is 1. The molecule has 2 aromatic heterocycles. The average Bonchev–Trinajstić information content (AvgIpc) is 3.92. The number of amides is 2. The lowest BCUT2D eigenvalue weighted by atomic mass is 9.86. The van der Waals surface area contributed by atoms with E-state index in [4.69, 9.17) is 26.1 Å². The molecule has 3 aromatic rings. The van der Waals surface area contributed by atoms with E-state index in [1.165, 1.54) is 5.57 Å². The van der Waals surface area contributed by atoms with Crippen LogP contribution in [0, 0.1) is 0 Å².